The van der Waals surface area contributed by atoms with E-state index in [9.17, 15) is 14.0 Å². The maximum Gasteiger partial charge on any atom is 0.275 e. The Hall–Kier alpha value is -2.90. The van der Waals surface area contributed by atoms with Crippen LogP contribution in [-0.2, 0) is 7.05 Å². The van der Waals surface area contributed by atoms with E-state index in [1.165, 1.54) is 14.2 Å². The molecule has 2 N–H and O–H groups in total. The lowest BCUT2D eigenvalue weighted by molar-refractivity contribution is 0.0928. The van der Waals surface area contributed by atoms with Crippen molar-refractivity contribution in [2.45, 2.75) is 26.3 Å². The molecule has 2 aromatic rings. The van der Waals surface area contributed by atoms with E-state index in [2.05, 4.69) is 15.7 Å². The molecule has 1 aromatic carbocycles. The van der Waals surface area contributed by atoms with Crippen LogP contribution < -0.4 is 15.4 Å². The Balaban J connectivity index is 2.26. The lowest BCUT2D eigenvalue weighted by atomic mass is 10.2. The van der Waals surface area contributed by atoms with E-state index in [1.54, 1.807) is 24.3 Å². The number of aromatic nitrogens is 2. The lowest BCUT2D eigenvalue weighted by Gasteiger charge is -2.09. The lowest BCUT2D eigenvalue weighted by Crippen LogP contribution is -2.32. The number of anilines is 1. The van der Waals surface area contributed by atoms with Crippen molar-refractivity contribution in [2.24, 2.45) is 7.05 Å². The number of nitrogens with zero attached hydrogens (tertiary/aromatic N) is 2. The van der Waals surface area contributed by atoms with Crippen LogP contribution in [0.1, 0.15) is 41.1 Å². The molecule has 134 valence electrons. The third kappa shape index (κ3) is 3.96. The van der Waals surface area contributed by atoms with Gasteiger partial charge in [0.15, 0.2) is 17.3 Å². The predicted molar refractivity (Wildman–Crippen MR) is 91.3 cm³/mol. The normalized spacial score (nSPS) is 11.7. The first-order chi connectivity index (χ1) is 11.9. The number of halogens is 1. The van der Waals surface area contributed by atoms with Gasteiger partial charge in [0.25, 0.3) is 11.8 Å². The first-order valence-electron chi connectivity index (χ1n) is 7.86. The summed E-state index contributed by atoms with van der Waals surface area (Å²) in [6, 6.07) is 6.46. The van der Waals surface area contributed by atoms with Crippen LogP contribution in [0, 0.1) is 5.82 Å². The van der Waals surface area contributed by atoms with E-state index < -0.39 is 17.6 Å². The second-order valence-electron chi connectivity index (χ2n) is 5.57. The van der Waals surface area contributed by atoms with Gasteiger partial charge in [-0.3, -0.25) is 9.59 Å². The number of nitrogens with one attached hydrogen (secondary N) is 2. The molecule has 0 fully saturated rings. The Bertz CT molecular complexity index is 788. The number of carbonyl (C=O) groups is 2. The molecule has 0 bridgehead atoms. The van der Waals surface area contributed by atoms with Gasteiger partial charge in [-0.15, -0.1) is 0 Å². The van der Waals surface area contributed by atoms with Crippen LogP contribution in [0.2, 0.25) is 0 Å². The smallest absolute Gasteiger partial charge is 0.275 e. The summed E-state index contributed by atoms with van der Waals surface area (Å²) in [7, 11) is 2.88. The van der Waals surface area contributed by atoms with Crippen LogP contribution in [0.3, 0.4) is 0 Å². The number of ether oxygens (including phenoxy) is 1. The average Bonchev–Trinajstić information content (AvgIpc) is 2.89. The van der Waals surface area contributed by atoms with Gasteiger partial charge in [0.2, 0.25) is 0 Å². The highest BCUT2D eigenvalue weighted by Crippen LogP contribution is 2.22. The van der Waals surface area contributed by atoms with E-state index in [-0.39, 0.29) is 23.1 Å². The van der Waals surface area contributed by atoms with Crippen molar-refractivity contribution in [2.75, 3.05) is 12.4 Å². The molecule has 0 saturated heterocycles. The first-order valence-corrected chi connectivity index (χ1v) is 7.86. The summed E-state index contributed by atoms with van der Waals surface area (Å²) in [4.78, 5) is 24.5. The second kappa shape index (κ2) is 7.78. The van der Waals surface area contributed by atoms with Crippen molar-refractivity contribution in [3.05, 3.63) is 41.3 Å². The molecule has 0 radical (unpaired) electrons. The Morgan fingerprint density at radius 2 is 2.00 bits per heavy atom. The van der Waals surface area contributed by atoms with E-state index >= 15 is 0 Å². The Morgan fingerprint density at radius 3 is 2.64 bits per heavy atom. The van der Waals surface area contributed by atoms with Crippen molar-refractivity contribution in [1.29, 1.82) is 0 Å². The summed E-state index contributed by atoms with van der Waals surface area (Å²) in [6.45, 7) is 3.71. The van der Waals surface area contributed by atoms with Crippen LogP contribution >= 0.6 is 0 Å². The summed E-state index contributed by atoms with van der Waals surface area (Å²) >= 11 is 0. The molecule has 25 heavy (non-hydrogen) atoms. The molecule has 0 unspecified atom stereocenters. The van der Waals surface area contributed by atoms with Crippen LogP contribution in [0.4, 0.5) is 10.2 Å². The number of methoxy groups -OCH3 is 1. The van der Waals surface area contributed by atoms with Crippen molar-refractivity contribution in [3.8, 4) is 5.75 Å². The highest BCUT2D eigenvalue weighted by Gasteiger charge is 2.25. The molecule has 0 spiro atoms. The maximum atomic E-state index is 14.6. The number of rotatable bonds is 6. The summed E-state index contributed by atoms with van der Waals surface area (Å²) < 4.78 is 20.8. The number of amides is 2. The van der Waals surface area contributed by atoms with E-state index in [1.807, 2.05) is 13.8 Å². The standard InChI is InChI=1S/C17H21FN4O3/c1-5-10(2)19-17(24)14-13(18)15(22(3)21-14)20-16(23)11-8-6-7-9-12(11)25-4/h6-10H,5H2,1-4H3,(H,19,24)(H,20,23)/t10-/m0/s1. The molecule has 2 rings (SSSR count). The summed E-state index contributed by atoms with van der Waals surface area (Å²) in [5.74, 6) is -1.90. The van der Waals surface area contributed by atoms with E-state index in [0.717, 1.165) is 4.68 Å². The number of aryl methyl sites for hydroxylation is 1. The number of hydrogen-bond donors (Lipinski definition) is 2. The average molecular weight is 348 g/mol. The number of para-hydroxylation sites is 1. The fraction of sp³-hybridized carbons (Fsp3) is 0.353. The van der Waals surface area contributed by atoms with Crippen LogP contribution in [0.5, 0.6) is 5.75 Å². The zero-order valence-corrected chi connectivity index (χ0v) is 14.6. The van der Waals surface area contributed by atoms with Crippen molar-refractivity contribution in [3.63, 3.8) is 0 Å². The molecule has 1 aromatic heterocycles. The zero-order valence-electron chi connectivity index (χ0n) is 14.6. The van der Waals surface area contributed by atoms with Gasteiger partial charge in [0.05, 0.1) is 12.7 Å². The highest BCUT2D eigenvalue weighted by molar-refractivity contribution is 6.06. The highest BCUT2D eigenvalue weighted by atomic mass is 19.1. The van der Waals surface area contributed by atoms with Gasteiger partial charge in [-0.25, -0.2) is 9.07 Å². The quantitative estimate of drug-likeness (QED) is 0.839. The fourth-order valence-electron chi connectivity index (χ4n) is 2.18. The van der Waals surface area contributed by atoms with Crippen LogP contribution in [-0.4, -0.2) is 34.7 Å². The molecular formula is C17H21FN4O3. The molecule has 0 aliphatic carbocycles. The predicted octanol–water partition coefficient (Wildman–Crippen LogP) is 2.35. The molecular weight excluding hydrogens is 327 g/mol. The monoisotopic (exact) mass is 348 g/mol. The summed E-state index contributed by atoms with van der Waals surface area (Å²) in [5, 5.41) is 8.95. The number of benzene rings is 1. The number of hydrogen-bond acceptors (Lipinski definition) is 4. The Morgan fingerprint density at radius 1 is 1.32 bits per heavy atom. The van der Waals surface area contributed by atoms with Gasteiger partial charge in [0, 0.05) is 13.1 Å². The van der Waals surface area contributed by atoms with Crippen molar-refractivity contribution < 1.29 is 18.7 Å². The van der Waals surface area contributed by atoms with Crippen molar-refractivity contribution >= 4 is 17.6 Å². The SMILES string of the molecule is CC[C@H](C)NC(=O)c1nn(C)c(NC(=O)c2ccccc2OC)c1F. The largest absolute Gasteiger partial charge is 0.496 e. The minimum absolute atomic E-state index is 0.111. The fourth-order valence-corrected chi connectivity index (χ4v) is 2.18. The van der Waals surface area contributed by atoms with Gasteiger partial charge in [-0.1, -0.05) is 19.1 Å². The third-order valence-corrected chi connectivity index (χ3v) is 3.78. The Labute approximate surface area is 145 Å². The summed E-state index contributed by atoms with van der Waals surface area (Å²) in [6.07, 6.45) is 0.706. The molecule has 1 atom stereocenters. The maximum absolute atomic E-state index is 14.6. The molecule has 2 amide bonds. The molecule has 0 saturated carbocycles. The van der Waals surface area contributed by atoms with Crippen LogP contribution in [0.25, 0.3) is 0 Å². The zero-order chi connectivity index (χ0) is 18.6. The second-order valence-corrected chi connectivity index (χ2v) is 5.57. The minimum atomic E-state index is -0.883. The third-order valence-electron chi connectivity index (χ3n) is 3.78. The van der Waals surface area contributed by atoms with E-state index in [0.29, 0.717) is 12.2 Å². The molecule has 8 heteroatoms. The molecule has 0 aliphatic rings. The topological polar surface area (TPSA) is 85.3 Å². The molecule has 0 aliphatic heterocycles. The minimum Gasteiger partial charge on any atom is -0.496 e. The van der Waals surface area contributed by atoms with Crippen LogP contribution in [0.15, 0.2) is 24.3 Å². The van der Waals surface area contributed by atoms with Gasteiger partial charge in [-0.2, -0.15) is 5.10 Å². The first kappa shape index (κ1) is 18.4. The van der Waals surface area contributed by atoms with Gasteiger partial charge >= 0.3 is 0 Å². The van der Waals surface area contributed by atoms with Crippen molar-refractivity contribution in [1.82, 2.24) is 15.1 Å². The Kier molecular flexibility index (Phi) is 5.74. The van der Waals surface area contributed by atoms with Gasteiger partial charge < -0.3 is 15.4 Å². The molecule has 1 heterocycles. The summed E-state index contributed by atoms with van der Waals surface area (Å²) in [5.41, 5.74) is -0.116. The van der Waals surface area contributed by atoms with Gasteiger partial charge in [-0.05, 0) is 25.5 Å². The van der Waals surface area contributed by atoms with Gasteiger partial charge in [0.1, 0.15) is 5.75 Å². The molecule has 7 nitrogen and oxygen atoms in total. The van der Waals surface area contributed by atoms with E-state index in [4.69, 9.17) is 4.74 Å². The number of carbonyl (C=O) groups excluding carboxylic acids is 2.